The van der Waals surface area contributed by atoms with Crippen LogP contribution in [0.25, 0.3) is 0 Å². The molecule has 1 aliphatic heterocycles. The van der Waals surface area contributed by atoms with Gasteiger partial charge in [-0.15, -0.1) is 0 Å². The predicted octanol–water partition coefficient (Wildman–Crippen LogP) is 4.40. The minimum absolute atomic E-state index is 0.0935. The molecule has 0 aromatic heterocycles. The van der Waals surface area contributed by atoms with E-state index in [2.05, 4.69) is 5.32 Å². The third kappa shape index (κ3) is 3.13. The van der Waals surface area contributed by atoms with E-state index in [0.29, 0.717) is 6.61 Å². The molecular formula is C22H29NO3. The highest BCUT2D eigenvalue weighted by Gasteiger charge is 2.54. The number of nitrogens with one attached hydrogen (secondary N) is 1. The molecule has 4 saturated carbocycles. The summed E-state index contributed by atoms with van der Waals surface area (Å²) in [6.45, 7) is 1.46. The van der Waals surface area contributed by atoms with Crippen molar-refractivity contribution in [2.45, 2.75) is 57.5 Å². The van der Waals surface area contributed by atoms with Gasteiger partial charge in [0.1, 0.15) is 12.4 Å². The summed E-state index contributed by atoms with van der Waals surface area (Å²) in [5.74, 6) is 3.47. The van der Waals surface area contributed by atoms with Crippen LogP contribution < -0.4 is 10.1 Å². The molecule has 1 unspecified atom stereocenters. The standard InChI is InChI=1S/C22H29NO3/c24-21(22-11-15-8-16(12-22)10-17(9-15)13-22)23-18-3-5-19(6-4-18)26-14-20-2-1-7-25-20/h3-6,15-17,20H,1-2,7-14H2,(H,23,24). The van der Waals surface area contributed by atoms with Gasteiger partial charge < -0.3 is 14.8 Å². The summed E-state index contributed by atoms with van der Waals surface area (Å²) in [5, 5.41) is 3.20. The van der Waals surface area contributed by atoms with Gasteiger partial charge in [0.15, 0.2) is 0 Å². The van der Waals surface area contributed by atoms with E-state index in [0.717, 1.165) is 67.9 Å². The molecule has 1 amide bonds. The summed E-state index contributed by atoms with van der Waals surface area (Å²) in [4.78, 5) is 13.1. The maximum absolute atomic E-state index is 13.1. The molecule has 1 heterocycles. The van der Waals surface area contributed by atoms with Crippen molar-refractivity contribution in [3.05, 3.63) is 24.3 Å². The monoisotopic (exact) mass is 355 g/mol. The van der Waals surface area contributed by atoms with Crippen molar-refractivity contribution in [3.63, 3.8) is 0 Å². The minimum Gasteiger partial charge on any atom is -0.491 e. The van der Waals surface area contributed by atoms with Crippen molar-refractivity contribution in [1.82, 2.24) is 0 Å². The SMILES string of the molecule is O=C(Nc1ccc(OCC2CCCO2)cc1)C12CC3CC(CC(C3)C1)C2. The fraction of sp³-hybridized carbons (Fsp3) is 0.682. The molecule has 4 aliphatic carbocycles. The number of ether oxygens (including phenoxy) is 2. The van der Waals surface area contributed by atoms with Crippen LogP contribution in [0.1, 0.15) is 51.4 Å². The lowest BCUT2D eigenvalue weighted by molar-refractivity contribution is -0.140. The highest BCUT2D eigenvalue weighted by Crippen LogP contribution is 2.60. The third-order valence-electron chi connectivity index (χ3n) is 7.09. The molecule has 1 aromatic rings. The summed E-state index contributed by atoms with van der Waals surface area (Å²) in [6.07, 6.45) is 9.84. The van der Waals surface area contributed by atoms with Crippen LogP contribution in [0.2, 0.25) is 0 Å². The Bertz CT molecular complexity index is 627. The number of hydrogen-bond donors (Lipinski definition) is 1. The molecule has 1 atom stereocenters. The van der Waals surface area contributed by atoms with Crippen molar-refractivity contribution in [3.8, 4) is 5.75 Å². The van der Waals surface area contributed by atoms with Crippen LogP contribution in [-0.4, -0.2) is 25.2 Å². The number of carbonyl (C=O) groups excluding carboxylic acids is 1. The van der Waals surface area contributed by atoms with Crippen LogP contribution in [0.3, 0.4) is 0 Å². The minimum atomic E-state index is -0.0935. The zero-order valence-corrected chi connectivity index (χ0v) is 15.4. The molecule has 1 saturated heterocycles. The van der Waals surface area contributed by atoms with Gasteiger partial charge in [-0.2, -0.15) is 0 Å². The molecule has 0 spiro atoms. The Morgan fingerprint density at radius 2 is 1.73 bits per heavy atom. The molecule has 1 aromatic carbocycles. The number of anilines is 1. The molecule has 5 fully saturated rings. The van der Waals surface area contributed by atoms with Crippen LogP contribution in [0, 0.1) is 23.2 Å². The topological polar surface area (TPSA) is 47.6 Å². The highest BCUT2D eigenvalue weighted by atomic mass is 16.5. The number of rotatable bonds is 5. The zero-order chi connectivity index (χ0) is 17.6. The summed E-state index contributed by atoms with van der Waals surface area (Å²) in [5.41, 5.74) is 0.791. The Morgan fingerprint density at radius 1 is 1.08 bits per heavy atom. The smallest absolute Gasteiger partial charge is 0.230 e. The van der Waals surface area contributed by atoms with Gasteiger partial charge in [-0.05, 0) is 93.4 Å². The summed E-state index contributed by atoms with van der Waals surface area (Å²) in [7, 11) is 0. The third-order valence-corrected chi connectivity index (χ3v) is 7.09. The fourth-order valence-electron chi connectivity index (χ4n) is 6.25. The van der Waals surface area contributed by atoms with E-state index in [4.69, 9.17) is 9.47 Å². The van der Waals surface area contributed by atoms with E-state index in [-0.39, 0.29) is 17.4 Å². The summed E-state index contributed by atoms with van der Waals surface area (Å²) in [6, 6.07) is 7.82. The van der Waals surface area contributed by atoms with Crippen molar-refractivity contribution in [1.29, 1.82) is 0 Å². The summed E-state index contributed by atoms with van der Waals surface area (Å²) < 4.78 is 11.4. The van der Waals surface area contributed by atoms with Crippen LogP contribution in [-0.2, 0) is 9.53 Å². The molecule has 4 heteroatoms. The molecule has 5 aliphatic rings. The van der Waals surface area contributed by atoms with E-state index in [1.54, 1.807) is 0 Å². The van der Waals surface area contributed by atoms with Crippen LogP contribution in [0.15, 0.2) is 24.3 Å². The second-order valence-corrected chi connectivity index (χ2v) is 9.12. The Balaban J connectivity index is 1.20. The number of amides is 1. The molecule has 1 N–H and O–H groups in total. The van der Waals surface area contributed by atoms with Crippen LogP contribution in [0.4, 0.5) is 5.69 Å². The van der Waals surface area contributed by atoms with Gasteiger partial charge in [-0.1, -0.05) is 0 Å². The van der Waals surface area contributed by atoms with E-state index in [1.165, 1.54) is 19.3 Å². The zero-order valence-electron chi connectivity index (χ0n) is 15.4. The van der Waals surface area contributed by atoms with Crippen LogP contribution in [0.5, 0.6) is 5.75 Å². The molecular weight excluding hydrogens is 326 g/mol. The first-order chi connectivity index (χ1) is 12.7. The van der Waals surface area contributed by atoms with Crippen LogP contribution >= 0.6 is 0 Å². The molecule has 4 bridgehead atoms. The van der Waals surface area contributed by atoms with Crippen molar-refractivity contribution in [2.75, 3.05) is 18.5 Å². The number of carbonyl (C=O) groups is 1. The van der Waals surface area contributed by atoms with Crippen molar-refractivity contribution >= 4 is 11.6 Å². The maximum Gasteiger partial charge on any atom is 0.230 e. The first-order valence-corrected chi connectivity index (χ1v) is 10.3. The maximum atomic E-state index is 13.1. The van der Waals surface area contributed by atoms with Crippen molar-refractivity contribution in [2.24, 2.45) is 23.2 Å². The number of hydrogen-bond acceptors (Lipinski definition) is 3. The van der Waals surface area contributed by atoms with E-state index >= 15 is 0 Å². The molecule has 0 radical (unpaired) electrons. The Hall–Kier alpha value is -1.55. The number of benzene rings is 1. The lowest BCUT2D eigenvalue weighted by Gasteiger charge is -2.55. The normalized spacial score (nSPS) is 37.7. The van der Waals surface area contributed by atoms with E-state index in [1.807, 2.05) is 24.3 Å². The predicted molar refractivity (Wildman–Crippen MR) is 100 cm³/mol. The van der Waals surface area contributed by atoms with Crippen molar-refractivity contribution < 1.29 is 14.3 Å². The van der Waals surface area contributed by atoms with Gasteiger partial charge in [-0.3, -0.25) is 4.79 Å². The molecule has 140 valence electrons. The first kappa shape index (κ1) is 16.6. The van der Waals surface area contributed by atoms with Gasteiger partial charge in [0.2, 0.25) is 5.91 Å². The quantitative estimate of drug-likeness (QED) is 0.852. The lowest BCUT2D eigenvalue weighted by Crippen LogP contribution is -2.51. The first-order valence-electron chi connectivity index (χ1n) is 10.3. The Morgan fingerprint density at radius 3 is 2.31 bits per heavy atom. The second kappa shape index (κ2) is 6.56. The van der Waals surface area contributed by atoms with E-state index < -0.39 is 0 Å². The largest absolute Gasteiger partial charge is 0.491 e. The molecule has 26 heavy (non-hydrogen) atoms. The Labute approximate surface area is 155 Å². The van der Waals surface area contributed by atoms with Gasteiger partial charge in [0.25, 0.3) is 0 Å². The van der Waals surface area contributed by atoms with Gasteiger partial charge in [0, 0.05) is 12.3 Å². The second-order valence-electron chi connectivity index (χ2n) is 9.12. The van der Waals surface area contributed by atoms with Gasteiger partial charge in [-0.25, -0.2) is 0 Å². The average Bonchev–Trinajstić information content (AvgIpc) is 3.13. The summed E-state index contributed by atoms with van der Waals surface area (Å²) >= 11 is 0. The highest BCUT2D eigenvalue weighted by molar-refractivity contribution is 5.95. The average molecular weight is 355 g/mol. The Kier molecular flexibility index (Phi) is 4.19. The van der Waals surface area contributed by atoms with Gasteiger partial charge >= 0.3 is 0 Å². The molecule has 6 rings (SSSR count). The van der Waals surface area contributed by atoms with E-state index in [9.17, 15) is 4.79 Å². The van der Waals surface area contributed by atoms with Gasteiger partial charge in [0.05, 0.1) is 11.5 Å². The fourth-order valence-corrected chi connectivity index (χ4v) is 6.25. The lowest BCUT2D eigenvalue weighted by atomic mass is 9.49. The molecule has 4 nitrogen and oxygen atoms in total.